The molecule has 1 aromatic rings. The van der Waals surface area contributed by atoms with Crippen LogP contribution in [0.5, 0.6) is 0 Å². The van der Waals surface area contributed by atoms with Gasteiger partial charge in [-0.1, -0.05) is 24.9 Å². The fourth-order valence-electron chi connectivity index (χ4n) is 2.56. The zero-order chi connectivity index (χ0) is 11.4. The molecule has 1 aromatic heterocycles. The minimum absolute atomic E-state index is 0.400. The Bertz CT molecular complexity index is 324. The average Bonchev–Trinajstić information content (AvgIpc) is 2.78. The number of rotatable bonds is 4. The maximum absolute atomic E-state index is 5.81. The van der Waals surface area contributed by atoms with Crippen molar-refractivity contribution in [2.75, 3.05) is 6.54 Å². The van der Waals surface area contributed by atoms with Crippen molar-refractivity contribution in [3.63, 3.8) is 0 Å². The Labute approximate surface area is 96.6 Å². The summed E-state index contributed by atoms with van der Waals surface area (Å²) < 4.78 is 5.37. The lowest BCUT2D eigenvalue weighted by Crippen LogP contribution is -2.25. The molecule has 2 atom stereocenters. The van der Waals surface area contributed by atoms with Crippen LogP contribution < -0.4 is 5.73 Å². The summed E-state index contributed by atoms with van der Waals surface area (Å²) in [6.07, 6.45) is 6.86. The SMILES string of the molecule is CCCc1noc(C2CCCCC2CN)n1. The van der Waals surface area contributed by atoms with E-state index in [0.717, 1.165) is 37.5 Å². The first-order valence-electron chi connectivity index (χ1n) is 6.37. The lowest BCUT2D eigenvalue weighted by molar-refractivity contribution is 0.249. The highest BCUT2D eigenvalue weighted by molar-refractivity contribution is 4.99. The largest absolute Gasteiger partial charge is 0.339 e. The number of aryl methyl sites for hydroxylation is 1. The van der Waals surface area contributed by atoms with Gasteiger partial charge in [-0.2, -0.15) is 4.98 Å². The van der Waals surface area contributed by atoms with E-state index < -0.39 is 0 Å². The van der Waals surface area contributed by atoms with Crippen LogP contribution in [0.1, 0.15) is 56.7 Å². The first-order chi connectivity index (χ1) is 7.85. The highest BCUT2D eigenvalue weighted by Crippen LogP contribution is 2.36. The van der Waals surface area contributed by atoms with E-state index in [9.17, 15) is 0 Å². The van der Waals surface area contributed by atoms with Crippen molar-refractivity contribution >= 4 is 0 Å². The topological polar surface area (TPSA) is 64.9 Å². The molecule has 0 saturated heterocycles. The van der Waals surface area contributed by atoms with Gasteiger partial charge in [-0.3, -0.25) is 0 Å². The van der Waals surface area contributed by atoms with E-state index in [0.29, 0.717) is 11.8 Å². The van der Waals surface area contributed by atoms with Gasteiger partial charge >= 0.3 is 0 Å². The fraction of sp³-hybridized carbons (Fsp3) is 0.833. The van der Waals surface area contributed by atoms with Crippen molar-refractivity contribution in [3.8, 4) is 0 Å². The molecule has 0 aromatic carbocycles. The van der Waals surface area contributed by atoms with E-state index in [1.165, 1.54) is 19.3 Å². The summed E-state index contributed by atoms with van der Waals surface area (Å²) >= 11 is 0. The Morgan fingerprint density at radius 3 is 2.94 bits per heavy atom. The summed E-state index contributed by atoms with van der Waals surface area (Å²) in [6, 6.07) is 0. The number of hydrogen-bond donors (Lipinski definition) is 1. The molecule has 16 heavy (non-hydrogen) atoms. The van der Waals surface area contributed by atoms with E-state index in [-0.39, 0.29) is 0 Å². The molecule has 0 radical (unpaired) electrons. The van der Waals surface area contributed by atoms with E-state index >= 15 is 0 Å². The average molecular weight is 223 g/mol. The first kappa shape index (κ1) is 11.6. The van der Waals surface area contributed by atoms with Gasteiger partial charge in [0.05, 0.1) is 0 Å². The Balaban J connectivity index is 2.08. The number of hydrogen-bond acceptors (Lipinski definition) is 4. The minimum Gasteiger partial charge on any atom is -0.339 e. The summed E-state index contributed by atoms with van der Waals surface area (Å²) in [5.74, 6) is 2.60. The van der Waals surface area contributed by atoms with Gasteiger partial charge in [-0.05, 0) is 31.7 Å². The maximum atomic E-state index is 5.81. The van der Waals surface area contributed by atoms with Crippen LogP contribution in [0.2, 0.25) is 0 Å². The molecule has 4 nitrogen and oxygen atoms in total. The molecule has 0 amide bonds. The fourth-order valence-corrected chi connectivity index (χ4v) is 2.56. The minimum atomic E-state index is 0.400. The molecule has 1 saturated carbocycles. The lowest BCUT2D eigenvalue weighted by atomic mass is 9.79. The summed E-state index contributed by atoms with van der Waals surface area (Å²) in [5, 5.41) is 4.02. The van der Waals surface area contributed by atoms with Crippen molar-refractivity contribution in [2.24, 2.45) is 11.7 Å². The van der Waals surface area contributed by atoms with Crippen LogP contribution in [0.25, 0.3) is 0 Å². The molecule has 1 fully saturated rings. The van der Waals surface area contributed by atoms with Gasteiger partial charge in [0.2, 0.25) is 5.89 Å². The van der Waals surface area contributed by atoms with Crippen molar-refractivity contribution in [2.45, 2.75) is 51.4 Å². The van der Waals surface area contributed by atoms with E-state index in [1.807, 2.05) is 0 Å². The summed E-state index contributed by atoms with van der Waals surface area (Å²) in [5.41, 5.74) is 5.81. The number of nitrogens with zero attached hydrogens (tertiary/aromatic N) is 2. The maximum Gasteiger partial charge on any atom is 0.230 e. The van der Waals surface area contributed by atoms with E-state index in [4.69, 9.17) is 10.3 Å². The van der Waals surface area contributed by atoms with Gasteiger partial charge in [0.15, 0.2) is 5.82 Å². The smallest absolute Gasteiger partial charge is 0.230 e. The first-order valence-corrected chi connectivity index (χ1v) is 6.37. The van der Waals surface area contributed by atoms with Crippen molar-refractivity contribution < 1.29 is 4.52 Å². The zero-order valence-electron chi connectivity index (χ0n) is 9.98. The van der Waals surface area contributed by atoms with Gasteiger partial charge in [0, 0.05) is 12.3 Å². The van der Waals surface area contributed by atoms with Gasteiger partial charge in [0.1, 0.15) is 0 Å². The molecule has 2 N–H and O–H groups in total. The highest BCUT2D eigenvalue weighted by Gasteiger charge is 2.29. The van der Waals surface area contributed by atoms with Crippen LogP contribution in [-0.4, -0.2) is 16.7 Å². The second kappa shape index (κ2) is 5.43. The second-order valence-electron chi connectivity index (χ2n) is 4.69. The summed E-state index contributed by atoms with van der Waals surface area (Å²) in [4.78, 5) is 4.49. The van der Waals surface area contributed by atoms with Crippen molar-refractivity contribution in [1.82, 2.24) is 10.1 Å². The van der Waals surface area contributed by atoms with Gasteiger partial charge in [-0.15, -0.1) is 0 Å². The molecule has 1 heterocycles. The lowest BCUT2D eigenvalue weighted by Gasteiger charge is -2.27. The quantitative estimate of drug-likeness (QED) is 0.850. The van der Waals surface area contributed by atoms with E-state index in [2.05, 4.69) is 17.1 Å². The third kappa shape index (κ3) is 2.43. The normalized spacial score (nSPS) is 25.9. The molecule has 0 aliphatic heterocycles. The molecule has 90 valence electrons. The van der Waals surface area contributed by atoms with Crippen LogP contribution >= 0.6 is 0 Å². The van der Waals surface area contributed by atoms with Crippen LogP contribution in [0.15, 0.2) is 4.52 Å². The van der Waals surface area contributed by atoms with Crippen molar-refractivity contribution in [1.29, 1.82) is 0 Å². The molecule has 0 bridgehead atoms. The van der Waals surface area contributed by atoms with E-state index in [1.54, 1.807) is 0 Å². The zero-order valence-corrected chi connectivity index (χ0v) is 9.98. The molecule has 0 spiro atoms. The summed E-state index contributed by atoms with van der Waals surface area (Å²) in [6.45, 7) is 2.86. The molecular formula is C12H21N3O. The van der Waals surface area contributed by atoms with Gasteiger partial charge in [0.25, 0.3) is 0 Å². The van der Waals surface area contributed by atoms with Crippen molar-refractivity contribution in [3.05, 3.63) is 11.7 Å². The third-order valence-corrected chi connectivity index (χ3v) is 3.49. The third-order valence-electron chi connectivity index (χ3n) is 3.49. The molecular weight excluding hydrogens is 202 g/mol. The van der Waals surface area contributed by atoms with Gasteiger partial charge < -0.3 is 10.3 Å². The van der Waals surface area contributed by atoms with Gasteiger partial charge in [-0.25, -0.2) is 0 Å². The second-order valence-corrected chi connectivity index (χ2v) is 4.69. The molecule has 1 aliphatic carbocycles. The summed E-state index contributed by atoms with van der Waals surface area (Å²) in [7, 11) is 0. The molecule has 2 rings (SSSR count). The molecule has 2 unspecified atom stereocenters. The Hall–Kier alpha value is -0.900. The predicted octanol–water partition coefficient (Wildman–Crippen LogP) is 2.25. The predicted molar refractivity (Wildman–Crippen MR) is 62.0 cm³/mol. The monoisotopic (exact) mass is 223 g/mol. The molecule has 1 aliphatic rings. The molecule has 4 heteroatoms. The highest BCUT2D eigenvalue weighted by atomic mass is 16.5. The Kier molecular flexibility index (Phi) is 3.93. The van der Waals surface area contributed by atoms with Crippen LogP contribution in [0, 0.1) is 5.92 Å². The van der Waals surface area contributed by atoms with Crippen LogP contribution in [0.3, 0.4) is 0 Å². The standard InChI is InChI=1S/C12H21N3O/c1-2-5-11-14-12(16-15-11)10-7-4-3-6-9(10)8-13/h9-10H,2-8,13H2,1H3. The Morgan fingerprint density at radius 2 is 2.19 bits per heavy atom. The number of aromatic nitrogens is 2. The van der Waals surface area contributed by atoms with Crippen LogP contribution in [0.4, 0.5) is 0 Å². The van der Waals surface area contributed by atoms with Crippen LogP contribution in [-0.2, 0) is 6.42 Å². The number of nitrogens with two attached hydrogens (primary N) is 1. The Morgan fingerprint density at radius 1 is 1.38 bits per heavy atom.